The average Bonchev–Trinajstić information content (AvgIpc) is 3.23. The minimum Gasteiger partial charge on any atom is -0.0622 e. The predicted octanol–water partition coefficient (Wildman–Crippen LogP) is 13.5. The summed E-state index contributed by atoms with van der Waals surface area (Å²) in [6, 6.07) is 47.4. The van der Waals surface area contributed by atoms with Gasteiger partial charge in [0, 0.05) is 0 Å². The van der Waals surface area contributed by atoms with E-state index >= 15 is 0 Å². The van der Waals surface area contributed by atoms with Crippen molar-refractivity contribution in [2.45, 2.75) is 0 Å². The van der Waals surface area contributed by atoms with Crippen LogP contribution in [0, 0.1) is 0 Å². The van der Waals surface area contributed by atoms with Crippen LogP contribution in [0.5, 0.6) is 0 Å². The molecule has 0 bridgehead atoms. The van der Waals surface area contributed by atoms with E-state index in [1.54, 1.807) is 0 Å². The van der Waals surface area contributed by atoms with Crippen molar-refractivity contribution in [2.75, 3.05) is 0 Å². The van der Waals surface area contributed by atoms with Crippen molar-refractivity contribution in [3.05, 3.63) is 194 Å². The maximum absolute atomic E-state index is 9.64. The second kappa shape index (κ2) is 11.8. The maximum Gasteiger partial charge on any atom is 0.0629 e. The zero-order chi connectivity index (χ0) is 38.0. The second-order valence-electron chi connectivity index (χ2n) is 11.9. The van der Waals surface area contributed by atoms with E-state index in [0.29, 0.717) is 55.1 Å². The number of hydrogen-bond donors (Lipinski definition) is 0. The van der Waals surface area contributed by atoms with Crippen molar-refractivity contribution in [2.24, 2.45) is 0 Å². The Morgan fingerprint density at radius 2 is 0.812 bits per heavy atom. The number of benzene rings is 9. The highest BCUT2D eigenvalue weighted by Crippen LogP contribution is 2.50. The summed E-state index contributed by atoms with van der Waals surface area (Å²) < 4.78 is 65.1. The molecule has 0 aliphatic heterocycles. The van der Waals surface area contributed by atoms with E-state index in [4.69, 9.17) is 4.11 Å². The molecule has 0 aliphatic carbocycles. The van der Waals surface area contributed by atoms with E-state index in [2.05, 4.69) is 30.3 Å². The summed E-state index contributed by atoms with van der Waals surface area (Å²) >= 11 is 0. The van der Waals surface area contributed by atoms with Gasteiger partial charge in [0.1, 0.15) is 0 Å². The molecule has 0 aliphatic rings. The molecule has 9 aromatic rings. The van der Waals surface area contributed by atoms with Crippen LogP contribution in [0.3, 0.4) is 0 Å². The molecule has 0 atom stereocenters. The van der Waals surface area contributed by atoms with Crippen molar-refractivity contribution in [1.82, 2.24) is 0 Å². The SMILES string of the molecule is [2H]c1c([2H])c(-c2ccccc2)c(-c2c3ccccc3c(-c3ccccc3-c3ccc4ccccc4c3)c3c([2H])c([2H])c([2H])c([2H])c23)c(-c2ccccc2)c1[2H]. The number of fused-ring (bicyclic) bond motifs is 3. The van der Waals surface area contributed by atoms with Gasteiger partial charge in [-0.25, -0.2) is 0 Å². The molecule has 224 valence electrons. The fourth-order valence-corrected chi connectivity index (χ4v) is 7.02. The molecule has 0 radical (unpaired) electrons. The van der Waals surface area contributed by atoms with Gasteiger partial charge in [0.05, 0.1) is 9.60 Å². The van der Waals surface area contributed by atoms with Crippen molar-refractivity contribution >= 4 is 32.3 Å². The Balaban J connectivity index is 1.53. The van der Waals surface area contributed by atoms with Gasteiger partial charge in [-0.2, -0.15) is 0 Å². The molecule has 0 saturated heterocycles. The minimum atomic E-state index is -0.375. The molecule has 0 N–H and O–H groups in total. The first-order valence-electron chi connectivity index (χ1n) is 19.5. The summed E-state index contributed by atoms with van der Waals surface area (Å²) in [6.07, 6.45) is 0. The van der Waals surface area contributed by atoms with E-state index in [1.807, 2.05) is 121 Å². The summed E-state index contributed by atoms with van der Waals surface area (Å²) in [5.74, 6) is 0. The van der Waals surface area contributed by atoms with Crippen LogP contribution in [-0.2, 0) is 0 Å². The standard InChI is InChI=1S/C48H32/c1-3-17-34(18-4-1)39-28-15-29-40(35-19-5-2-6-20-35)47(39)48-44-26-13-11-24-42(44)46(43-25-12-14-27-45(43)48)41-23-10-9-22-38(41)37-31-30-33-16-7-8-21-36(33)32-37/h1-32H/i11D,13D,15D,24D,26D,28D,29D. The summed E-state index contributed by atoms with van der Waals surface area (Å²) in [5.41, 5.74) is 6.50. The van der Waals surface area contributed by atoms with Gasteiger partial charge in [-0.05, 0) is 94.0 Å². The summed E-state index contributed by atoms with van der Waals surface area (Å²) in [6.45, 7) is 0. The Bertz CT molecular complexity index is 2930. The average molecular weight is 616 g/mol. The fourth-order valence-electron chi connectivity index (χ4n) is 7.02. The first-order chi connectivity index (χ1) is 26.8. The molecule has 0 heteroatoms. The predicted molar refractivity (Wildman–Crippen MR) is 206 cm³/mol. The molecule has 48 heavy (non-hydrogen) atoms. The Kier molecular flexibility index (Phi) is 5.31. The highest BCUT2D eigenvalue weighted by molar-refractivity contribution is 6.24. The molecule has 0 amide bonds. The van der Waals surface area contributed by atoms with Crippen LogP contribution in [0.1, 0.15) is 9.60 Å². The van der Waals surface area contributed by atoms with Crippen LogP contribution in [0.2, 0.25) is 0 Å². The third-order valence-electron chi connectivity index (χ3n) is 9.16. The first-order valence-corrected chi connectivity index (χ1v) is 16.0. The molecule has 0 unspecified atom stereocenters. The van der Waals surface area contributed by atoms with Crippen molar-refractivity contribution < 1.29 is 9.60 Å². The van der Waals surface area contributed by atoms with Crippen LogP contribution in [0.15, 0.2) is 194 Å². The van der Waals surface area contributed by atoms with E-state index in [0.717, 1.165) is 32.8 Å². The quantitative estimate of drug-likeness (QED) is 0.169. The largest absolute Gasteiger partial charge is 0.0629 e. The lowest BCUT2D eigenvalue weighted by Gasteiger charge is -2.23. The van der Waals surface area contributed by atoms with Crippen molar-refractivity contribution in [3.63, 3.8) is 0 Å². The van der Waals surface area contributed by atoms with Gasteiger partial charge in [0.15, 0.2) is 0 Å². The molecule has 9 aromatic carbocycles. The molecular weight excluding hydrogens is 577 g/mol. The summed E-state index contributed by atoms with van der Waals surface area (Å²) in [7, 11) is 0. The Hall–Kier alpha value is -6.24. The van der Waals surface area contributed by atoms with Crippen LogP contribution >= 0.6 is 0 Å². The van der Waals surface area contributed by atoms with Crippen molar-refractivity contribution in [3.8, 4) is 55.6 Å². The molecule has 0 fully saturated rings. The fraction of sp³-hybridized carbons (Fsp3) is 0. The molecule has 9 rings (SSSR count). The van der Waals surface area contributed by atoms with Crippen LogP contribution in [0.25, 0.3) is 88.0 Å². The Morgan fingerprint density at radius 1 is 0.292 bits per heavy atom. The zero-order valence-corrected chi connectivity index (χ0v) is 25.9. The van der Waals surface area contributed by atoms with E-state index in [9.17, 15) is 5.48 Å². The van der Waals surface area contributed by atoms with Crippen LogP contribution in [0.4, 0.5) is 0 Å². The number of hydrogen-bond acceptors (Lipinski definition) is 0. The Morgan fingerprint density at radius 3 is 1.48 bits per heavy atom. The van der Waals surface area contributed by atoms with Gasteiger partial charge < -0.3 is 0 Å². The monoisotopic (exact) mass is 615 g/mol. The lowest BCUT2D eigenvalue weighted by molar-refractivity contribution is 1.58. The molecule has 0 aromatic heterocycles. The van der Waals surface area contributed by atoms with Gasteiger partial charge in [-0.1, -0.05) is 188 Å². The van der Waals surface area contributed by atoms with Gasteiger partial charge in [0.2, 0.25) is 0 Å². The third-order valence-corrected chi connectivity index (χ3v) is 9.16. The van der Waals surface area contributed by atoms with E-state index < -0.39 is 0 Å². The van der Waals surface area contributed by atoms with Crippen LogP contribution < -0.4 is 0 Å². The minimum absolute atomic E-state index is 0.130. The summed E-state index contributed by atoms with van der Waals surface area (Å²) in [4.78, 5) is 0. The topological polar surface area (TPSA) is 0 Å². The van der Waals surface area contributed by atoms with E-state index in [-0.39, 0.29) is 42.3 Å². The van der Waals surface area contributed by atoms with Crippen LogP contribution in [-0.4, -0.2) is 0 Å². The molecular formula is C48H32. The van der Waals surface area contributed by atoms with Gasteiger partial charge in [0.25, 0.3) is 0 Å². The smallest absolute Gasteiger partial charge is 0.0622 e. The molecule has 0 saturated carbocycles. The highest BCUT2D eigenvalue weighted by Gasteiger charge is 2.22. The van der Waals surface area contributed by atoms with Gasteiger partial charge in [-0.15, -0.1) is 0 Å². The summed E-state index contributed by atoms with van der Waals surface area (Å²) in [5, 5.41) is 4.29. The Labute approximate surface area is 291 Å². The van der Waals surface area contributed by atoms with Gasteiger partial charge >= 0.3 is 0 Å². The van der Waals surface area contributed by atoms with Crippen molar-refractivity contribution in [1.29, 1.82) is 0 Å². The second-order valence-corrected chi connectivity index (χ2v) is 11.9. The molecule has 0 heterocycles. The number of rotatable bonds is 5. The highest BCUT2D eigenvalue weighted by atomic mass is 14.3. The zero-order valence-electron chi connectivity index (χ0n) is 32.9. The first kappa shape index (κ1) is 21.5. The molecule has 0 spiro atoms. The third kappa shape index (κ3) is 4.70. The lowest BCUT2D eigenvalue weighted by Crippen LogP contribution is -1.96. The van der Waals surface area contributed by atoms with E-state index in [1.165, 1.54) is 0 Å². The maximum atomic E-state index is 9.64. The normalized spacial score (nSPS) is 13.4. The molecule has 0 nitrogen and oxygen atoms in total. The van der Waals surface area contributed by atoms with Gasteiger partial charge in [-0.3, -0.25) is 0 Å². The lowest BCUT2D eigenvalue weighted by atomic mass is 9.80.